The summed E-state index contributed by atoms with van der Waals surface area (Å²) in [5.41, 5.74) is 2.56. The van der Waals surface area contributed by atoms with Gasteiger partial charge in [0, 0.05) is 35.4 Å². The third-order valence-electron chi connectivity index (χ3n) is 7.62. The molecule has 0 aliphatic carbocycles. The molecule has 35 heavy (non-hydrogen) atoms. The predicted octanol–water partition coefficient (Wildman–Crippen LogP) is 3.44. The van der Waals surface area contributed by atoms with Crippen molar-refractivity contribution in [3.8, 4) is 0 Å². The number of nitrogens with one attached hydrogen (secondary N) is 1. The third kappa shape index (κ3) is 4.80. The predicted molar refractivity (Wildman–Crippen MR) is 136 cm³/mol. The van der Waals surface area contributed by atoms with E-state index in [-0.39, 0.29) is 17.9 Å². The maximum atomic E-state index is 12.6. The highest BCUT2D eigenvalue weighted by Gasteiger charge is 2.45. The number of anilines is 1. The van der Waals surface area contributed by atoms with Gasteiger partial charge in [0.2, 0.25) is 5.91 Å². The second kappa shape index (κ2) is 9.50. The van der Waals surface area contributed by atoms with Crippen LogP contribution in [0.1, 0.15) is 42.5 Å². The average Bonchev–Trinajstić information content (AvgIpc) is 3.33. The summed E-state index contributed by atoms with van der Waals surface area (Å²) in [5.74, 6) is 0.738. The molecule has 2 aliphatic rings. The third-order valence-corrected chi connectivity index (χ3v) is 7.94. The van der Waals surface area contributed by atoms with Crippen molar-refractivity contribution < 1.29 is 14.6 Å². The lowest BCUT2D eigenvalue weighted by atomic mass is 9.85. The SMILES string of the molecule is Cc1nn(C)cc1CC(=O)Nc1cc2cc(C3CCN([C@]4(C)COC[C@@H]4O)CC3)c(Cl)cc2cn1. The highest BCUT2D eigenvalue weighted by atomic mass is 35.5. The van der Waals surface area contributed by atoms with E-state index in [1.165, 1.54) is 0 Å². The Morgan fingerprint density at radius 2 is 2.06 bits per heavy atom. The molecular weight excluding hydrogens is 466 g/mol. The van der Waals surface area contributed by atoms with Gasteiger partial charge in [-0.05, 0) is 74.8 Å². The molecule has 186 valence electrons. The van der Waals surface area contributed by atoms with Gasteiger partial charge in [-0.2, -0.15) is 5.10 Å². The van der Waals surface area contributed by atoms with Crippen LogP contribution in [-0.4, -0.2) is 68.6 Å². The maximum Gasteiger partial charge on any atom is 0.230 e. The summed E-state index contributed by atoms with van der Waals surface area (Å²) >= 11 is 6.70. The number of ether oxygens (including phenoxy) is 1. The lowest BCUT2D eigenvalue weighted by Gasteiger charge is -2.43. The summed E-state index contributed by atoms with van der Waals surface area (Å²) < 4.78 is 7.24. The first-order chi connectivity index (χ1) is 16.7. The summed E-state index contributed by atoms with van der Waals surface area (Å²) in [4.78, 5) is 19.4. The van der Waals surface area contributed by atoms with Gasteiger partial charge in [0.1, 0.15) is 5.82 Å². The van der Waals surface area contributed by atoms with Crippen molar-refractivity contribution in [3.05, 3.63) is 52.4 Å². The van der Waals surface area contributed by atoms with Crippen molar-refractivity contribution in [1.29, 1.82) is 0 Å². The molecule has 0 bridgehead atoms. The van der Waals surface area contributed by atoms with E-state index in [4.69, 9.17) is 16.3 Å². The summed E-state index contributed by atoms with van der Waals surface area (Å²) in [5, 5.41) is 20.3. The number of carbonyl (C=O) groups is 1. The Labute approximate surface area is 210 Å². The zero-order valence-electron chi connectivity index (χ0n) is 20.4. The van der Waals surface area contributed by atoms with E-state index < -0.39 is 6.10 Å². The van der Waals surface area contributed by atoms with Crippen LogP contribution >= 0.6 is 11.6 Å². The summed E-state index contributed by atoms with van der Waals surface area (Å²) in [6.07, 6.45) is 5.35. The van der Waals surface area contributed by atoms with Crippen LogP contribution in [-0.2, 0) is 23.0 Å². The van der Waals surface area contributed by atoms with Gasteiger partial charge in [-0.1, -0.05) is 11.6 Å². The number of hydrogen-bond donors (Lipinski definition) is 2. The molecule has 2 aliphatic heterocycles. The largest absolute Gasteiger partial charge is 0.389 e. The fourth-order valence-corrected chi connectivity index (χ4v) is 5.73. The number of aromatic nitrogens is 3. The Kier molecular flexibility index (Phi) is 6.57. The molecule has 2 saturated heterocycles. The number of hydrogen-bond acceptors (Lipinski definition) is 6. The number of aliphatic hydroxyl groups excluding tert-OH is 1. The molecule has 1 amide bonds. The number of halogens is 1. The van der Waals surface area contributed by atoms with Gasteiger partial charge in [0.05, 0.1) is 37.0 Å². The lowest BCUT2D eigenvalue weighted by Crippen LogP contribution is -2.56. The number of carbonyl (C=O) groups excluding carboxylic acids is 1. The van der Waals surface area contributed by atoms with E-state index in [0.29, 0.717) is 24.9 Å². The Morgan fingerprint density at radius 3 is 2.71 bits per heavy atom. The molecule has 2 N–H and O–H groups in total. The molecule has 0 radical (unpaired) electrons. The number of amides is 1. The Hall–Kier alpha value is -2.52. The van der Waals surface area contributed by atoms with Crippen LogP contribution in [0, 0.1) is 6.92 Å². The number of aliphatic hydroxyl groups is 1. The molecule has 0 unspecified atom stereocenters. The fraction of sp³-hybridized carbons (Fsp3) is 0.500. The van der Waals surface area contributed by atoms with Crippen LogP contribution in [0.15, 0.2) is 30.6 Å². The van der Waals surface area contributed by atoms with Gasteiger partial charge in [-0.25, -0.2) is 4.98 Å². The summed E-state index contributed by atoms with van der Waals surface area (Å²) in [6.45, 7) is 6.74. The molecule has 9 heteroatoms. The van der Waals surface area contributed by atoms with Crippen LogP contribution in [0.4, 0.5) is 5.82 Å². The van der Waals surface area contributed by atoms with Crippen LogP contribution in [0.3, 0.4) is 0 Å². The van der Waals surface area contributed by atoms with Crippen LogP contribution in [0.25, 0.3) is 10.8 Å². The topological polar surface area (TPSA) is 92.5 Å². The van der Waals surface area contributed by atoms with Crippen LogP contribution in [0.2, 0.25) is 5.02 Å². The summed E-state index contributed by atoms with van der Waals surface area (Å²) in [6, 6.07) is 6.01. The second-order valence-electron chi connectivity index (χ2n) is 10.1. The standard InChI is InChI=1S/C26H32ClN5O3/c1-16-20(13-31(3)30-16)11-25(34)29-24-10-18-8-21(22(27)9-19(18)12-28-24)17-4-6-32(7-5-17)26(2)15-35-14-23(26)33/h8-10,12-13,17,23,33H,4-7,11,14-15H2,1-3H3,(H,28,29,34)/t23-,26+/m0/s1. The number of fused-ring (bicyclic) bond motifs is 1. The number of aryl methyl sites for hydroxylation is 2. The van der Waals surface area contributed by atoms with E-state index in [9.17, 15) is 9.90 Å². The molecule has 2 atom stereocenters. The first-order valence-electron chi connectivity index (χ1n) is 12.1. The molecule has 3 aromatic rings. The maximum absolute atomic E-state index is 12.6. The van der Waals surface area contributed by atoms with Gasteiger partial charge < -0.3 is 15.2 Å². The molecule has 2 aromatic heterocycles. The second-order valence-corrected chi connectivity index (χ2v) is 10.5. The Bertz CT molecular complexity index is 1250. The fourth-order valence-electron chi connectivity index (χ4n) is 5.40. The first-order valence-corrected chi connectivity index (χ1v) is 12.5. The van der Waals surface area contributed by atoms with Gasteiger partial charge >= 0.3 is 0 Å². The van der Waals surface area contributed by atoms with Crippen molar-refractivity contribution in [2.24, 2.45) is 7.05 Å². The van der Waals surface area contributed by atoms with E-state index in [2.05, 4.69) is 33.3 Å². The monoisotopic (exact) mass is 497 g/mol. The molecule has 4 heterocycles. The average molecular weight is 498 g/mol. The van der Waals surface area contributed by atoms with Crippen molar-refractivity contribution in [2.45, 2.75) is 50.7 Å². The first kappa shape index (κ1) is 24.2. The highest BCUT2D eigenvalue weighted by Crippen LogP contribution is 2.38. The van der Waals surface area contributed by atoms with Gasteiger partial charge in [0.15, 0.2) is 0 Å². The zero-order valence-corrected chi connectivity index (χ0v) is 21.2. The number of pyridine rings is 1. The minimum Gasteiger partial charge on any atom is -0.389 e. The Morgan fingerprint density at radius 1 is 1.29 bits per heavy atom. The van der Waals surface area contributed by atoms with Crippen molar-refractivity contribution in [1.82, 2.24) is 19.7 Å². The van der Waals surface area contributed by atoms with E-state index in [0.717, 1.165) is 58.5 Å². The molecular formula is C26H32ClN5O3. The summed E-state index contributed by atoms with van der Waals surface area (Å²) in [7, 11) is 1.85. The van der Waals surface area contributed by atoms with E-state index in [1.54, 1.807) is 10.9 Å². The molecule has 5 rings (SSSR count). The normalized spacial score (nSPS) is 23.7. The number of piperidine rings is 1. The van der Waals surface area contributed by atoms with Crippen molar-refractivity contribution in [2.75, 3.05) is 31.6 Å². The minimum atomic E-state index is -0.452. The van der Waals surface area contributed by atoms with Crippen LogP contribution < -0.4 is 5.32 Å². The van der Waals surface area contributed by atoms with Crippen LogP contribution in [0.5, 0.6) is 0 Å². The molecule has 0 spiro atoms. The van der Waals surface area contributed by atoms with Crippen molar-refractivity contribution in [3.63, 3.8) is 0 Å². The van der Waals surface area contributed by atoms with Gasteiger partial charge in [0.25, 0.3) is 0 Å². The molecule has 2 fully saturated rings. The van der Waals surface area contributed by atoms with E-state index >= 15 is 0 Å². The quantitative estimate of drug-likeness (QED) is 0.561. The molecule has 0 saturated carbocycles. The minimum absolute atomic E-state index is 0.124. The number of nitrogens with zero attached hydrogens (tertiary/aromatic N) is 4. The van der Waals surface area contributed by atoms with Gasteiger partial charge in [-0.3, -0.25) is 14.4 Å². The van der Waals surface area contributed by atoms with Crippen molar-refractivity contribution >= 4 is 34.1 Å². The Balaban J connectivity index is 1.30. The number of benzene rings is 1. The molecule has 1 aromatic carbocycles. The van der Waals surface area contributed by atoms with Gasteiger partial charge in [-0.15, -0.1) is 0 Å². The number of rotatable bonds is 5. The zero-order chi connectivity index (χ0) is 24.7. The smallest absolute Gasteiger partial charge is 0.230 e. The molecule has 8 nitrogen and oxygen atoms in total. The van der Waals surface area contributed by atoms with E-state index in [1.807, 2.05) is 32.3 Å². The lowest BCUT2D eigenvalue weighted by molar-refractivity contribution is -0.115. The number of likely N-dealkylation sites (tertiary alicyclic amines) is 1. The highest BCUT2D eigenvalue weighted by molar-refractivity contribution is 6.32.